The minimum absolute atomic E-state index is 0.373. The lowest BCUT2D eigenvalue weighted by Gasteiger charge is -2.16. The molecule has 5 nitrogen and oxygen atoms in total. The maximum Gasteiger partial charge on any atom is 0.253 e. The average molecular weight is 311 g/mol. The van der Waals surface area contributed by atoms with Crippen LogP contribution in [0.15, 0.2) is 27.8 Å². The molecule has 0 heterocycles. The molecule has 0 bridgehead atoms. The van der Waals surface area contributed by atoms with Crippen molar-refractivity contribution in [1.29, 1.82) is 5.26 Å². The van der Waals surface area contributed by atoms with Gasteiger partial charge in [0.1, 0.15) is 11.4 Å². The molecule has 2 rings (SSSR count). The van der Waals surface area contributed by atoms with E-state index in [9.17, 15) is 9.59 Å². The summed E-state index contributed by atoms with van der Waals surface area (Å²) in [7, 11) is 0. The van der Waals surface area contributed by atoms with E-state index in [0.29, 0.717) is 30.0 Å². The summed E-state index contributed by atoms with van der Waals surface area (Å²) in [5.41, 5.74) is 2.58. The zero-order chi connectivity index (χ0) is 16.8. The summed E-state index contributed by atoms with van der Waals surface area (Å²) in [6.45, 7) is 5.24. The van der Waals surface area contributed by atoms with Crippen molar-refractivity contribution in [3.63, 3.8) is 0 Å². The molecule has 0 aromatic heterocycles. The lowest BCUT2D eigenvalue weighted by molar-refractivity contribution is 0.832. The molecule has 23 heavy (non-hydrogen) atoms. The van der Waals surface area contributed by atoms with Crippen LogP contribution in [-0.4, -0.2) is 6.54 Å². The molecule has 0 radical (unpaired) electrons. The molecule has 120 valence electrons. The number of hydrogen-bond acceptors (Lipinski definition) is 5. The van der Waals surface area contributed by atoms with Crippen molar-refractivity contribution in [2.45, 2.75) is 39.7 Å². The summed E-state index contributed by atoms with van der Waals surface area (Å²) in [6, 6.07) is 7.64. The van der Waals surface area contributed by atoms with E-state index in [1.807, 2.05) is 19.1 Å². The monoisotopic (exact) mass is 311 g/mol. The molecule has 0 unspecified atom stereocenters. The van der Waals surface area contributed by atoms with Gasteiger partial charge in [-0.15, -0.1) is 0 Å². The van der Waals surface area contributed by atoms with E-state index in [1.54, 1.807) is 6.07 Å². The van der Waals surface area contributed by atoms with Gasteiger partial charge in [0.2, 0.25) is 0 Å². The minimum Gasteiger partial charge on any atom is -0.380 e. The second kappa shape index (κ2) is 7.59. The number of benzene rings is 1. The van der Waals surface area contributed by atoms with Crippen molar-refractivity contribution in [3.8, 4) is 6.07 Å². The highest BCUT2D eigenvalue weighted by atomic mass is 16.2. The molecule has 0 aliphatic rings. The Morgan fingerprint density at radius 2 is 1.74 bits per heavy atom. The quantitative estimate of drug-likeness (QED) is 0.578. The summed E-state index contributed by atoms with van der Waals surface area (Å²) >= 11 is 0. The lowest BCUT2D eigenvalue weighted by atomic mass is 10.0. The normalized spacial score (nSPS) is 10.5. The molecule has 0 fully saturated rings. The van der Waals surface area contributed by atoms with Gasteiger partial charge < -0.3 is 10.6 Å². The van der Waals surface area contributed by atoms with E-state index < -0.39 is 10.9 Å². The summed E-state index contributed by atoms with van der Waals surface area (Å²) in [5.74, 6) is 0. The fourth-order valence-electron chi connectivity index (χ4n) is 2.50. The highest BCUT2D eigenvalue weighted by molar-refractivity contribution is 5.74. The Hall–Kier alpha value is -2.61. The van der Waals surface area contributed by atoms with Gasteiger partial charge in [-0.3, -0.25) is 9.59 Å². The first kappa shape index (κ1) is 16.8. The molecular weight excluding hydrogens is 290 g/mol. The van der Waals surface area contributed by atoms with Gasteiger partial charge in [0.25, 0.3) is 10.9 Å². The van der Waals surface area contributed by atoms with Crippen LogP contribution >= 0.6 is 0 Å². The van der Waals surface area contributed by atoms with Gasteiger partial charge in [-0.2, -0.15) is 5.26 Å². The Balaban J connectivity index is 2.10. The Bertz CT molecular complexity index is 796. The minimum atomic E-state index is -0.462. The standard InChI is InChI=1S/C18H21N3O2/c1-3-5-8-20-15-16(18(23)17(15)22)21-11-14-7-6-12(10-19)9-13(14)4-2/h6-7,9,20-21H,3-5,8,11H2,1-2H3. The average Bonchev–Trinajstić information content (AvgIpc) is 2.59. The number of anilines is 2. The Morgan fingerprint density at radius 1 is 1.04 bits per heavy atom. The van der Waals surface area contributed by atoms with Crippen molar-refractivity contribution in [2.75, 3.05) is 17.2 Å². The Kier molecular flexibility index (Phi) is 5.53. The molecule has 2 aromatic carbocycles. The van der Waals surface area contributed by atoms with Crippen LogP contribution in [0.4, 0.5) is 11.4 Å². The lowest BCUT2D eigenvalue weighted by Crippen LogP contribution is -2.37. The summed E-state index contributed by atoms with van der Waals surface area (Å²) in [4.78, 5) is 23.4. The third-order valence-corrected chi connectivity index (χ3v) is 3.91. The van der Waals surface area contributed by atoms with E-state index >= 15 is 0 Å². The SMILES string of the molecule is CCCCNc1c(NCc2ccc(C#N)cc2CC)c(=O)c1=O. The second-order valence-electron chi connectivity index (χ2n) is 5.49. The van der Waals surface area contributed by atoms with Crippen molar-refractivity contribution in [1.82, 2.24) is 0 Å². The Labute approximate surface area is 135 Å². The maximum absolute atomic E-state index is 11.7. The Morgan fingerprint density at radius 3 is 2.35 bits per heavy atom. The van der Waals surface area contributed by atoms with Crippen LogP contribution in [0.5, 0.6) is 0 Å². The van der Waals surface area contributed by atoms with Gasteiger partial charge >= 0.3 is 0 Å². The van der Waals surface area contributed by atoms with Crippen LogP contribution in [0.25, 0.3) is 0 Å². The van der Waals surface area contributed by atoms with Crippen molar-refractivity contribution in [2.24, 2.45) is 0 Å². The molecule has 0 aliphatic carbocycles. The number of nitriles is 1. The van der Waals surface area contributed by atoms with Crippen LogP contribution in [0.2, 0.25) is 0 Å². The largest absolute Gasteiger partial charge is 0.380 e. The second-order valence-corrected chi connectivity index (χ2v) is 5.49. The fourth-order valence-corrected chi connectivity index (χ4v) is 2.50. The zero-order valence-corrected chi connectivity index (χ0v) is 13.5. The summed E-state index contributed by atoms with van der Waals surface area (Å²) in [6.07, 6.45) is 2.78. The maximum atomic E-state index is 11.7. The number of unbranched alkanes of at least 4 members (excludes halogenated alkanes) is 1. The molecule has 0 spiro atoms. The number of aryl methyl sites for hydroxylation is 1. The smallest absolute Gasteiger partial charge is 0.253 e. The first-order valence-corrected chi connectivity index (χ1v) is 7.95. The first-order chi connectivity index (χ1) is 11.1. The van der Waals surface area contributed by atoms with E-state index in [4.69, 9.17) is 5.26 Å². The van der Waals surface area contributed by atoms with E-state index in [1.165, 1.54) is 0 Å². The van der Waals surface area contributed by atoms with Crippen LogP contribution in [0.3, 0.4) is 0 Å². The molecule has 0 amide bonds. The molecule has 5 heteroatoms. The number of nitrogens with zero attached hydrogens (tertiary/aromatic N) is 1. The van der Waals surface area contributed by atoms with Gasteiger partial charge in [-0.25, -0.2) is 0 Å². The molecule has 2 N–H and O–H groups in total. The van der Waals surface area contributed by atoms with Crippen LogP contribution < -0.4 is 21.5 Å². The zero-order valence-electron chi connectivity index (χ0n) is 13.5. The highest BCUT2D eigenvalue weighted by Gasteiger charge is 2.20. The van der Waals surface area contributed by atoms with Gasteiger partial charge in [-0.05, 0) is 36.1 Å². The third-order valence-electron chi connectivity index (χ3n) is 3.91. The number of nitrogens with one attached hydrogen (secondary N) is 2. The van der Waals surface area contributed by atoms with Crippen LogP contribution in [-0.2, 0) is 13.0 Å². The predicted octanol–water partition coefficient (Wildman–Crippen LogP) is 2.54. The molecule has 0 saturated carbocycles. The molecular formula is C18H21N3O2. The van der Waals surface area contributed by atoms with Crippen LogP contribution in [0, 0.1) is 11.3 Å². The number of rotatable bonds is 8. The van der Waals surface area contributed by atoms with Crippen LogP contribution in [0.1, 0.15) is 43.4 Å². The molecule has 0 atom stereocenters. The van der Waals surface area contributed by atoms with Crippen molar-refractivity contribution < 1.29 is 0 Å². The van der Waals surface area contributed by atoms with Gasteiger partial charge in [0.15, 0.2) is 0 Å². The topological polar surface area (TPSA) is 82.0 Å². The van der Waals surface area contributed by atoms with E-state index in [-0.39, 0.29) is 0 Å². The van der Waals surface area contributed by atoms with Crippen molar-refractivity contribution >= 4 is 11.4 Å². The fraction of sp³-hybridized carbons (Fsp3) is 0.389. The molecule has 2 aromatic rings. The summed E-state index contributed by atoms with van der Waals surface area (Å²) < 4.78 is 0. The summed E-state index contributed by atoms with van der Waals surface area (Å²) in [5, 5.41) is 15.1. The van der Waals surface area contributed by atoms with E-state index in [2.05, 4.69) is 23.6 Å². The van der Waals surface area contributed by atoms with Crippen molar-refractivity contribution in [3.05, 3.63) is 55.3 Å². The third kappa shape index (κ3) is 3.59. The van der Waals surface area contributed by atoms with Gasteiger partial charge in [-0.1, -0.05) is 26.3 Å². The van der Waals surface area contributed by atoms with E-state index in [0.717, 1.165) is 30.4 Å². The molecule has 0 saturated heterocycles. The highest BCUT2D eigenvalue weighted by Crippen LogP contribution is 2.18. The van der Waals surface area contributed by atoms with Gasteiger partial charge in [0.05, 0.1) is 11.6 Å². The number of hydrogen-bond donors (Lipinski definition) is 2. The predicted molar refractivity (Wildman–Crippen MR) is 92.6 cm³/mol. The first-order valence-electron chi connectivity index (χ1n) is 7.95. The van der Waals surface area contributed by atoms with Gasteiger partial charge in [0, 0.05) is 13.1 Å². The molecule has 0 aliphatic heterocycles.